The highest BCUT2D eigenvalue weighted by Gasteiger charge is 2.34. The van der Waals surface area contributed by atoms with Crippen molar-refractivity contribution in [3.63, 3.8) is 0 Å². The number of methoxy groups -OCH3 is 1. The number of hydrogen-bond acceptors (Lipinski definition) is 5. The van der Waals surface area contributed by atoms with Crippen molar-refractivity contribution in [3.05, 3.63) is 76.3 Å². The smallest absolute Gasteiger partial charge is 0.302 e. The van der Waals surface area contributed by atoms with Crippen LogP contribution in [0.4, 0.5) is 0 Å². The highest BCUT2D eigenvalue weighted by atomic mass is 35.5. The quantitative estimate of drug-likeness (QED) is 0.347. The Morgan fingerprint density at radius 3 is 2.59 bits per heavy atom. The van der Waals surface area contributed by atoms with Crippen LogP contribution in [0, 0.1) is 0 Å². The van der Waals surface area contributed by atoms with Crippen LogP contribution in [0.2, 0.25) is 5.02 Å². The Hall–Kier alpha value is -2.34. The van der Waals surface area contributed by atoms with E-state index in [0.717, 1.165) is 18.4 Å². The third-order valence-electron chi connectivity index (χ3n) is 5.52. The Morgan fingerprint density at radius 2 is 1.94 bits per heavy atom. The Kier molecular flexibility index (Phi) is 8.74. The fraction of sp³-hybridized carbons (Fsp3) is 0.423. The first kappa shape index (κ1) is 24.3. The molecule has 0 saturated carbocycles. The van der Waals surface area contributed by atoms with Crippen molar-refractivity contribution in [1.29, 1.82) is 0 Å². The third-order valence-corrected chi connectivity index (χ3v) is 5.88. The van der Waals surface area contributed by atoms with Gasteiger partial charge in [-0.3, -0.25) is 4.79 Å². The Labute approximate surface area is 195 Å². The van der Waals surface area contributed by atoms with Crippen LogP contribution < -0.4 is 4.74 Å². The van der Waals surface area contributed by atoms with Gasteiger partial charge < -0.3 is 18.9 Å². The van der Waals surface area contributed by atoms with Crippen LogP contribution in [0.1, 0.15) is 43.4 Å². The van der Waals surface area contributed by atoms with Crippen LogP contribution in [-0.2, 0) is 31.8 Å². The van der Waals surface area contributed by atoms with Crippen LogP contribution in [0.15, 0.2) is 54.6 Å². The topological polar surface area (TPSA) is 54.0 Å². The summed E-state index contributed by atoms with van der Waals surface area (Å²) in [7, 11) is 1.59. The van der Waals surface area contributed by atoms with Gasteiger partial charge in [-0.05, 0) is 54.2 Å². The molecular weight excluding hydrogens is 428 g/mol. The molecule has 0 saturated heterocycles. The van der Waals surface area contributed by atoms with Gasteiger partial charge in [-0.2, -0.15) is 0 Å². The molecule has 0 N–H and O–H groups in total. The first-order chi connectivity index (χ1) is 15.4. The molecule has 32 heavy (non-hydrogen) atoms. The summed E-state index contributed by atoms with van der Waals surface area (Å²) in [6.45, 7) is 4.11. The van der Waals surface area contributed by atoms with Crippen LogP contribution in [0.25, 0.3) is 0 Å². The van der Waals surface area contributed by atoms with Gasteiger partial charge in [0.2, 0.25) is 0 Å². The number of esters is 1. The van der Waals surface area contributed by atoms with E-state index in [9.17, 15) is 4.79 Å². The van der Waals surface area contributed by atoms with Crippen molar-refractivity contribution in [3.8, 4) is 5.75 Å². The Balaban J connectivity index is 1.54. The molecule has 1 aliphatic rings. The van der Waals surface area contributed by atoms with Gasteiger partial charge in [-0.1, -0.05) is 54.9 Å². The summed E-state index contributed by atoms with van der Waals surface area (Å²) in [6, 6.07) is 14.4. The maximum atomic E-state index is 11.1. The second-order valence-electron chi connectivity index (χ2n) is 7.89. The second kappa shape index (κ2) is 11.5. The molecule has 172 valence electrons. The lowest BCUT2D eigenvalue weighted by molar-refractivity contribution is -0.233. The number of aryl methyl sites for hydroxylation is 1. The van der Waals surface area contributed by atoms with E-state index in [4.69, 9.17) is 30.5 Å². The predicted octanol–water partition coefficient (Wildman–Crippen LogP) is 5.51. The average molecular weight is 459 g/mol. The summed E-state index contributed by atoms with van der Waals surface area (Å²) in [6.07, 6.45) is 6.59. The number of carbonyl (C=O) groups excluding carboxylic acids is 1. The number of halogens is 1. The molecule has 0 amide bonds. The summed E-state index contributed by atoms with van der Waals surface area (Å²) < 4.78 is 22.7. The van der Waals surface area contributed by atoms with Crippen LogP contribution in [0.3, 0.4) is 0 Å². The maximum Gasteiger partial charge on any atom is 0.302 e. The first-order valence-corrected chi connectivity index (χ1v) is 11.3. The average Bonchev–Trinajstić information content (AvgIpc) is 2.80. The van der Waals surface area contributed by atoms with E-state index in [-0.39, 0.29) is 18.7 Å². The standard InChI is InChI=1S/C26H31ClO5/c1-4-20-7-9-21(10-8-20)16-22-11-12-23(17-25(22)27)30-15-14-26(29-3)13-5-6-24(32-26)18-31-19(2)28/h5,7-13,17,24H,4,6,14-16,18H2,1-3H3/t24-,26+/m1/s1. The zero-order valence-electron chi connectivity index (χ0n) is 18.9. The highest BCUT2D eigenvalue weighted by molar-refractivity contribution is 6.31. The molecule has 1 heterocycles. The normalized spacial score (nSPS) is 20.2. The van der Waals surface area contributed by atoms with Gasteiger partial charge in [0.05, 0.1) is 12.7 Å². The summed E-state index contributed by atoms with van der Waals surface area (Å²) >= 11 is 6.52. The lowest BCUT2D eigenvalue weighted by Gasteiger charge is -2.36. The lowest BCUT2D eigenvalue weighted by atomic mass is 10.0. The summed E-state index contributed by atoms with van der Waals surface area (Å²) in [5.41, 5.74) is 3.61. The highest BCUT2D eigenvalue weighted by Crippen LogP contribution is 2.29. The number of rotatable bonds is 10. The van der Waals surface area contributed by atoms with Crippen LogP contribution in [-0.4, -0.2) is 38.2 Å². The second-order valence-corrected chi connectivity index (χ2v) is 8.30. The minimum atomic E-state index is -0.905. The Bertz CT molecular complexity index is 924. The van der Waals surface area contributed by atoms with Crippen molar-refractivity contribution < 1.29 is 23.7 Å². The zero-order valence-corrected chi connectivity index (χ0v) is 19.7. The molecule has 2 aromatic carbocycles. The minimum absolute atomic E-state index is 0.198. The number of hydrogen-bond donors (Lipinski definition) is 0. The number of carbonyl (C=O) groups is 1. The van der Waals surface area contributed by atoms with Crippen molar-refractivity contribution in [2.45, 2.75) is 51.4 Å². The molecule has 2 atom stereocenters. The maximum absolute atomic E-state index is 11.1. The van der Waals surface area contributed by atoms with Gasteiger partial charge in [-0.25, -0.2) is 0 Å². The summed E-state index contributed by atoms with van der Waals surface area (Å²) in [5, 5.41) is 0.679. The van der Waals surface area contributed by atoms with E-state index in [2.05, 4.69) is 31.2 Å². The molecule has 0 bridgehead atoms. The SMILES string of the molecule is CCc1ccc(Cc2ccc(OCC[C@]3(OC)C=CC[C@H](COC(C)=O)O3)cc2Cl)cc1. The predicted molar refractivity (Wildman–Crippen MR) is 125 cm³/mol. The van der Waals surface area contributed by atoms with Crippen molar-refractivity contribution in [1.82, 2.24) is 0 Å². The van der Waals surface area contributed by atoms with Crippen molar-refractivity contribution >= 4 is 17.6 Å². The molecule has 0 aliphatic carbocycles. The lowest BCUT2D eigenvalue weighted by Crippen LogP contribution is -2.42. The monoisotopic (exact) mass is 458 g/mol. The van der Waals surface area contributed by atoms with E-state index in [1.165, 1.54) is 18.1 Å². The van der Waals surface area contributed by atoms with E-state index >= 15 is 0 Å². The zero-order chi connectivity index (χ0) is 23.0. The molecule has 0 unspecified atom stereocenters. The largest absolute Gasteiger partial charge is 0.493 e. The van der Waals surface area contributed by atoms with E-state index in [0.29, 0.717) is 30.2 Å². The van der Waals surface area contributed by atoms with Crippen molar-refractivity contribution in [2.75, 3.05) is 20.3 Å². The molecule has 1 aliphatic heterocycles. The van der Waals surface area contributed by atoms with E-state index in [1.807, 2.05) is 30.4 Å². The van der Waals surface area contributed by atoms with Crippen LogP contribution in [0.5, 0.6) is 5.75 Å². The van der Waals surface area contributed by atoms with Gasteiger partial charge in [0.1, 0.15) is 12.4 Å². The number of benzene rings is 2. The third kappa shape index (κ3) is 6.83. The van der Waals surface area contributed by atoms with Crippen LogP contribution >= 0.6 is 11.6 Å². The molecule has 0 radical (unpaired) electrons. The molecule has 0 fully saturated rings. The van der Waals surface area contributed by atoms with Gasteiger partial charge in [-0.15, -0.1) is 0 Å². The molecule has 6 heteroatoms. The number of ether oxygens (including phenoxy) is 4. The molecule has 5 nitrogen and oxygen atoms in total. The first-order valence-electron chi connectivity index (χ1n) is 11.0. The van der Waals surface area contributed by atoms with E-state index < -0.39 is 5.79 Å². The summed E-state index contributed by atoms with van der Waals surface area (Å²) in [4.78, 5) is 11.1. The van der Waals surface area contributed by atoms with Gasteiger partial charge >= 0.3 is 5.97 Å². The van der Waals surface area contributed by atoms with Gasteiger partial charge in [0.15, 0.2) is 5.79 Å². The fourth-order valence-electron chi connectivity index (χ4n) is 3.63. The van der Waals surface area contributed by atoms with E-state index in [1.54, 1.807) is 7.11 Å². The molecular formula is C26H31ClO5. The van der Waals surface area contributed by atoms with Gasteiger partial charge in [0, 0.05) is 25.5 Å². The summed E-state index contributed by atoms with van der Waals surface area (Å²) in [5.74, 6) is -0.535. The minimum Gasteiger partial charge on any atom is -0.493 e. The van der Waals surface area contributed by atoms with Gasteiger partial charge in [0.25, 0.3) is 0 Å². The molecule has 2 aromatic rings. The fourth-order valence-corrected chi connectivity index (χ4v) is 3.86. The Morgan fingerprint density at radius 1 is 1.19 bits per heavy atom. The molecule has 0 aromatic heterocycles. The van der Waals surface area contributed by atoms with Crippen molar-refractivity contribution in [2.24, 2.45) is 0 Å². The molecule has 3 rings (SSSR count). The molecule has 0 spiro atoms.